The number of ether oxygens (including phenoxy) is 2. The smallest absolute Gasteiger partial charge is 0.291 e. The van der Waals surface area contributed by atoms with Gasteiger partial charge in [0, 0.05) is 7.05 Å². The van der Waals surface area contributed by atoms with Gasteiger partial charge in [0.05, 0.1) is 24.0 Å². The molecule has 0 atom stereocenters. The van der Waals surface area contributed by atoms with Crippen molar-refractivity contribution < 1.29 is 14.3 Å². The number of benzene rings is 2. The largest absolute Gasteiger partial charge is 0.493 e. The molecule has 1 N–H and O–H groups in total. The maximum atomic E-state index is 12.3. The maximum Gasteiger partial charge on any atom is 0.291 e. The van der Waals surface area contributed by atoms with Crippen molar-refractivity contribution >= 4 is 23.7 Å². The van der Waals surface area contributed by atoms with Crippen LogP contribution in [-0.4, -0.2) is 29.0 Å². The number of rotatable bonds is 7. The van der Waals surface area contributed by atoms with Gasteiger partial charge >= 0.3 is 0 Å². The van der Waals surface area contributed by atoms with Crippen molar-refractivity contribution in [2.24, 2.45) is 12.1 Å². The fourth-order valence-electron chi connectivity index (χ4n) is 2.72. The number of methoxy groups -OCH3 is 1. The molecule has 0 bridgehead atoms. The van der Waals surface area contributed by atoms with Gasteiger partial charge in [-0.05, 0) is 36.2 Å². The summed E-state index contributed by atoms with van der Waals surface area (Å²) in [5.74, 6) is 0.750. The Kier molecular flexibility index (Phi) is 6.51. The lowest BCUT2D eigenvalue weighted by Crippen LogP contribution is -2.21. The van der Waals surface area contributed by atoms with Gasteiger partial charge in [-0.15, -0.1) is 0 Å². The van der Waals surface area contributed by atoms with Crippen molar-refractivity contribution in [3.8, 4) is 11.5 Å². The molecule has 0 fully saturated rings. The van der Waals surface area contributed by atoms with Gasteiger partial charge in [-0.2, -0.15) is 10.2 Å². The lowest BCUT2D eigenvalue weighted by Gasteiger charge is -2.11. The van der Waals surface area contributed by atoms with Crippen molar-refractivity contribution in [1.29, 1.82) is 0 Å². The van der Waals surface area contributed by atoms with E-state index in [-0.39, 0.29) is 5.69 Å². The molecule has 0 aliphatic heterocycles. The van der Waals surface area contributed by atoms with Crippen LogP contribution < -0.4 is 14.9 Å². The number of halogens is 1. The van der Waals surface area contributed by atoms with Crippen LogP contribution in [0.2, 0.25) is 5.02 Å². The molecule has 1 heterocycles. The molecule has 1 aromatic heterocycles. The molecule has 0 spiro atoms. The predicted molar refractivity (Wildman–Crippen MR) is 112 cm³/mol. The first-order valence-corrected chi connectivity index (χ1v) is 9.24. The zero-order valence-electron chi connectivity index (χ0n) is 16.3. The second kappa shape index (κ2) is 9.25. The van der Waals surface area contributed by atoms with Crippen LogP contribution in [0.25, 0.3) is 0 Å². The van der Waals surface area contributed by atoms with Gasteiger partial charge in [-0.1, -0.05) is 41.9 Å². The monoisotopic (exact) mass is 412 g/mol. The molecule has 0 saturated heterocycles. The normalized spacial score (nSPS) is 10.9. The van der Waals surface area contributed by atoms with Crippen LogP contribution >= 0.6 is 11.6 Å². The zero-order chi connectivity index (χ0) is 20.8. The van der Waals surface area contributed by atoms with Crippen LogP contribution in [0, 0.1) is 6.92 Å². The van der Waals surface area contributed by atoms with Crippen molar-refractivity contribution in [3.05, 3.63) is 76.1 Å². The van der Waals surface area contributed by atoms with E-state index in [4.69, 9.17) is 21.1 Å². The Labute approximate surface area is 173 Å². The van der Waals surface area contributed by atoms with E-state index in [9.17, 15) is 4.79 Å². The van der Waals surface area contributed by atoms with Gasteiger partial charge in [0.25, 0.3) is 5.91 Å². The highest BCUT2D eigenvalue weighted by molar-refractivity contribution is 6.34. The zero-order valence-corrected chi connectivity index (χ0v) is 17.1. The molecule has 3 aromatic rings. The first-order chi connectivity index (χ1) is 14.0. The lowest BCUT2D eigenvalue weighted by atomic mass is 10.2. The predicted octanol–water partition coefficient (Wildman–Crippen LogP) is 3.73. The summed E-state index contributed by atoms with van der Waals surface area (Å²) >= 11 is 6.11. The van der Waals surface area contributed by atoms with Crippen LogP contribution in [0.15, 0.2) is 53.6 Å². The number of aromatic nitrogens is 2. The van der Waals surface area contributed by atoms with E-state index >= 15 is 0 Å². The Morgan fingerprint density at radius 3 is 2.66 bits per heavy atom. The van der Waals surface area contributed by atoms with Crippen LogP contribution in [0.5, 0.6) is 11.5 Å². The maximum absolute atomic E-state index is 12.3. The summed E-state index contributed by atoms with van der Waals surface area (Å²) in [6, 6.07) is 15.3. The fourth-order valence-corrected chi connectivity index (χ4v) is 2.96. The van der Waals surface area contributed by atoms with Crippen molar-refractivity contribution in [2.45, 2.75) is 13.5 Å². The molecule has 8 heteroatoms. The molecule has 150 valence electrons. The average Bonchev–Trinajstić information content (AvgIpc) is 2.99. The highest BCUT2D eigenvalue weighted by Crippen LogP contribution is 2.28. The summed E-state index contributed by atoms with van der Waals surface area (Å²) < 4.78 is 12.7. The van der Waals surface area contributed by atoms with Gasteiger partial charge in [-0.3, -0.25) is 9.48 Å². The number of hydrogen-bond donors (Lipinski definition) is 1. The minimum Gasteiger partial charge on any atom is -0.493 e. The molecule has 0 unspecified atom stereocenters. The Bertz CT molecular complexity index is 1030. The molecule has 29 heavy (non-hydrogen) atoms. The summed E-state index contributed by atoms with van der Waals surface area (Å²) in [5.41, 5.74) is 5.09. The lowest BCUT2D eigenvalue weighted by molar-refractivity contribution is 0.0946. The average molecular weight is 413 g/mol. The van der Waals surface area contributed by atoms with Gasteiger partial charge < -0.3 is 9.47 Å². The number of aryl methyl sites for hydroxylation is 2. The SMILES string of the molecule is COc1cc(C=NNC(=O)c2c(Cl)c(C)nn2C)ccc1OCc1ccccc1. The Hall–Kier alpha value is -3.32. The van der Waals surface area contributed by atoms with E-state index in [1.165, 1.54) is 10.9 Å². The van der Waals surface area contributed by atoms with E-state index in [0.717, 1.165) is 11.1 Å². The number of hydrazone groups is 1. The third kappa shape index (κ3) is 4.94. The molecule has 0 saturated carbocycles. The second-order valence-electron chi connectivity index (χ2n) is 6.26. The standard InChI is InChI=1S/C21H21ClN4O3/c1-14-19(22)20(26(2)25-14)21(27)24-23-12-16-9-10-17(18(11-16)28-3)29-13-15-7-5-4-6-8-15/h4-12H,13H2,1-3H3,(H,24,27). The van der Waals surface area contributed by atoms with E-state index in [1.807, 2.05) is 36.4 Å². The molecule has 3 rings (SSSR count). The summed E-state index contributed by atoms with van der Waals surface area (Å²) in [7, 11) is 3.22. The minimum atomic E-state index is -0.441. The van der Waals surface area contributed by atoms with Gasteiger partial charge in [0.2, 0.25) is 0 Å². The first-order valence-electron chi connectivity index (χ1n) is 8.87. The van der Waals surface area contributed by atoms with Crippen LogP contribution in [0.4, 0.5) is 0 Å². The summed E-state index contributed by atoms with van der Waals surface area (Å²) in [6.45, 7) is 2.17. The Morgan fingerprint density at radius 2 is 2.00 bits per heavy atom. The van der Waals surface area contributed by atoms with E-state index in [1.54, 1.807) is 33.2 Å². The summed E-state index contributed by atoms with van der Waals surface area (Å²) in [6.07, 6.45) is 1.51. The molecular weight excluding hydrogens is 392 g/mol. The van der Waals surface area contributed by atoms with Crippen LogP contribution in [0.3, 0.4) is 0 Å². The van der Waals surface area contributed by atoms with Gasteiger partial charge in [-0.25, -0.2) is 5.43 Å². The summed E-state index contributed by atoms with van der Waals surface area (Å²) in [4.78, 5) is 12.3. The fraction of sp³-hybridized carbons (Fsp3) is 0.190. The topological polar surface area (TPSA) is 77.7 Å². The molecular formula is C21H21ClN4O3. The van der Waals surface area contributed by atoms with Gasteiger partial charge in [0.1, 0.15) is 12.3 Å². The Balaban J connectivity index is 1.65. The minimum absolute atomic E-state index is 0.253. The first kappa shape index (κ1) is 20.4. The molecule has 2 aromatic carbocycles. The molecule has 0 aliphatic carbocycles. The van der Waals surface area contributed by atoms with E-state index in [0.29, 0.717) is 28.8 Å². The number of carbonyl (C=O) groups excluding carboxylic acids is 1. The van der Waals surface area contributed by atoms with E-state index < -0.39 is 5.91 Å². The van der Waals surface area contributed by atoms with Crippen molar-refractivity contribution in [1.82, 2.24) is 15.2 Å². The number of amides is 1. The van der Waals surface area contributed by atoms with Crippen LogP contribution in [0.1, 0.15) is 27.3 Å². The second-order valence-corrected chi connectivity index (χ2v) is 6.63. The molecule has 0 aliphatic rings. The number of nitrogens with zero attached hydrogens (tertiary/aromatic N) is 3. The van der Waals surface area contributed by atoms with Crippen LogP contribution in [-0.2, 0) is 13.7 Å². The highest BCUT2D eigenvalue weighted by Gasteiger charge is 2.18. The molecule has 1 amide bonds. The third-order valence-electron chi connectivity index (χ3n) is 4.17. The Morgan fingerprint density at radius 1 is 1.24 bits per heavy atom. The van der Waals surface area contributed by atoms with Gasteiger partial charge in [0.15, 0.2) is 11.5 Å². The number of carbonyl (C=O) groups is 1. The van der Waals surface area contributed by atoms with Crippen molar-refractivity contribution in [3.63, 3.8) is 0 Å². The van der Waals surface area contributed by atoms with Crippen molar-refractivity contribution in [2.75, 3.05) is 7.11 Å². The highest BCUT2D eigenvalue weighted by atomic mass is 35.5. The number of hydrogen-bond acceptors (Lipinski definition) is 5. The van der Waals surface area contributed by atoms with E-state index in [2.05, 4.69) is 15.6 Å². The third-order valence-corrected chi connectivity index (χ3v) is 4.62. The molecule has 0 radical (unpaired) electrons. The molecule has 7 nitrogen and oxygen atoms in total. The summed E-state index contributed by atoms with van der Waals surface area (Å²) in [5, 5.41) is 8.41. The quantitative estimate of drug-likeness (QED) is 0.473. The number of nitrogens with one attached hydrogen (secondary N) is 1.